The number of likely N-dealkylation sites (tertiary alicyclic amines) is 1. The van der Waals surface area contributed by atoms with Gasteiger partial charge < -0.3 is 9.42 Å². The van der Waals surface area contributed by atoms with Gasteiger partial charge in [-0.05, 0) is 33.6 Å². The highest BCUT2D eigenvalue weighted by atomic mass is 16.5. The summed E-state index contributed by atoms with van der Waals surface area (Å²) < 4.78 is 5.24. The van der Waals surface area contributed by atoms with Gasteiger partial charge in [-0.3, -0.25) is 14.8 Å². The van der Waals surface area contributed by atoms with Crippen LogP contribution in [0, 0.1) is 20.8 Å². The van der Waals surface area contributed by atoms with E-state index in [4.69, 9.17) is 9.51 Å². The number of hydrogen-bond donors (Lipinski definition) is 0. The van der Waals surface area contributed by atoms with E-state index in [1.54, 1.807) is 23.5 Å². The quantitative estimate of drug-likeness (QED) is 0.705. The van der Waals surface area contributed by atoms with E-state index in [1.165, 1.54) is 6.20 Å². The summed E-state index contributed by atoms with van der Waals surface area (Å²) in [6.45, 7) is 6.23. The molecular formula is C19H20N6O2. The SMILES string of the molecule is Cc1cnc(C(=O)N2CCCC2c2cncc(-c3c(C)noc3C)n2)cn1. The zero-order chi connectivity index (χ0) is 19.0. The van der Waals surface area contributed by atoms with Crippen LogP contribution in [-0.4, -0.2) is 42.4 Å². The predicted octanol–water partition coefficient (Wildman–Crippen LogP) is 2.82. The Morgan fingerprint density at radius 3 is 2.70 bits per heavy atom. The van der Waals surface area contributed by atoms with Crippen molar-refractivity contribution < 1.29 is 9.32 Å². The Balaban J connectivity index is 1.65. The van der Waals surface area contributed by atoms with Crippen molar-refractivity contribution >= 4 is 5.91 Å². The number of aromatic nitrogens is 5. The van der Waals surface area contributed by atoms with Crippen molar-refractivity contribution in [1.82, 2.24) is 30.0 Å². The van der Waals surface area contributed by atoms with Gasteiger partial charge in [0.1, 0.15) is 11.5 Å². The summed E-state index contributed by atoms with van der Waals surface area (Å²) in [4.78, 5) is 32.2. The molecule has 1 aliphatic heterocycles. The Kier molecular flexibility index (Phi) is 4.39. The molecule has 4 rings (SSSR count). The minimum absolute atomic E-state index is 0.130. The van der Waals surface area contributed by atoms with Gasteiger partial charge in [0, 0.05) is 12.7 Å². The lowest BCUT2D eigenvalue weighted by molar-refractivity contribution is 0.0726. The topological polar surface area (TPSA) is 97.9 Å². The molecule has 1 unspecified atom stereocenters. The van der Waals surface area contributed by atoms with Gasteiger partial charge in [0.15, 0.2) is 0 Å². The molecule has 0 aliphatic carbocycles. The van der Waals surface area contributed by atoms with E-state index in [2.05, 4.69) is 20.1 Å². The minimum Gasteiger partial charge on any atom is -0.361 e. The van der Waals surface area contributed by atoms with Crippen LogP contribution in [-0.2, 0) is 0 Å². The molecule has 8 heteroatoms. The number of aryl methyl sites for hydroxylation is 3. The Morgan fingerprint density at radius 2 is 2.00 bits per heavy atom. The smallest absolute Gasteiger partial charge is 0.274 e. The fourth-order valence-corrected chi connectivity index (χ4v) is 3.48. The summed E-state index contributed by atoms with van der Waals surface area (Å²) in [6.07, 6.45) is 8.30. The lowest BCUT2D eigenvalue weighted by Gasteiger charge is -2.24. The van der Waals surface area contributed by atoms with Crippen LogP contribution in [0.5, 0.6) is 0 Å². The van der Waals surface area contributed by atoms with Crippen molar-refractivity contribution in [3.8, 4) is 11.3 Å². The normalized spacial score (nSPS) is 16.7. The molecule has 0 spiro atoms. The molecule has 0 radical (unpaired) electrons. The number of carbonyl (C=O) groups excluding carboxylic acids is 1. The molecule has 0 saturated carbocycles. The van der Waals surface area contributed by atoms with Crippen molar-refractivity contribution in [2.24, 2.45) is 0 Å². The van der Waals surface area contributed by atoms with E-state index in [0.29, 0.717) is 23.7 Å². The third-order valence-corrected chi connectivity index (χ3v) is 4.80. The number of amides is 1. The fourth-order valence-electron chi connectivity index (χ4n) is 3.48. The Bertz CT molecular complexity index is 963. The van der Waals surface area contributed by atoms with Crippen LogP contribution in [0.3, 0.4) is 0 Å². The summed E-state index contributed by atoms with van der Waals surface area (Å²) in [5.41, 5.74) is 4.22. The van der Waals surface area contributed by atoms with Gasteiger partial charge in [-0.2, -0.15) is 0 Å². The molecule has 0 bridgehead atoms. The van der Waals surface area contributed by atoms with E-state index in [-0.39, 0.29) is 11.9 Å². The second-order valence-electron chi connectivity index (χ2n) is 6.73. The summed E-state index contributed by atoms with van der Waals surface area (Å²) in [5.74, 6) is 0.572. The standard InChI is InChI=1S/C19H20N6O2/c1-11-7-22-16(10-21-11)19(26)25-6-4-5-17(25)14-8-20-9-15(23-14)18-12(2)24-27-13(18)3/h7-10,17H,4-6H2,1-3H3. The van der Waals surface area contributed by atoms with Crippen molar-refractivity contribution in [2.75, 3.05) is 6.54 Å². The Labute approximate surface area is 156 Å². The molecule has 27 heavy (non-hydrogen) atoms. The van der Waals surface area contributed by atoms with Gasteiger partial charge in [0.05, 0.1) is 53.0 Å². The van der Waals surface area contributed by atoms with Gasteiger partial charge in [-0.1, -0.05) is 5.16 Å². The van der Waals surface area contributed by atoms with Crippen LogP contribution in [0.4, 0.5) is 0 Å². The molecule has 3 aromatic heterocycles. The molecule has 1 aliphatic rings. The maximum atomic E-state index is 12.9. The van der Waals surface area contributed by atoms with E-state index in [0.717, 1.165) is 35.5 Å². The predicted molar refractivity (Wildman–Crippen MR) is 96.8 cm³/mol. The first kappa shape index (κ1) is 17.3. The van der Waals surface area contributed by atoms with Crippen molar-refractivity contribution in [3.05, 3.63) is 53.3 Å². The van der Waals surface area contributed by atoms with Crippen LogP contribution >= 0.6 is 0 Å². The average Bonchev–Trinajstić information content (AvgIpc) is 3.29. The zero-order valence-electron chi connectivity index (χ0n) is 15.5. The van der Waals surface area contributed by atoms with Crippen molar-refractivity contribution in [3.63, 3.8) is 0 Å². The monoisotopic (exact) mass is 364 g/mol. The minimum atomic E-state index is -0.131. The van der Waals surface area contributed by atoms with E-state index in [1.807, 2.05) is 20.8 Å². The summed E-state index contributed by atoms with van der Waals surface area (Å²) in [6, 6.07) is -0.131. The van der Waals surface area contributed by atoms with Crippen molar-refractivity contribution in [1.29, 1.82) is 0 Å². The first-order valence-electron chi connectivity index (χ1n) is 8.89. The number of hydrogen-bond acceptors (Lipinski definition) is 7. The summed E-state index contributed by atoms with van der Waals surface area (Å²) >= 11 is 0. The molecule has 0 aromatic carbocycles. The Hall–Kier alpha value is -3.16. The molecule has 138 valence electrons. The number of carbonyl (C=O) groups is 1. The molecule has 1 fully saturated rings. The van der Waals surface area contributed by atoms with Crippen LogP contribution in [0.1, 0.15) is 52.2 Å². The van der Waals surface area contributed by atoms with E-state index >= 15 is 0 Å². The van der Waals surface area contributed by atoms with Gasteiger partial charge in [-0.25, -0.2) is 9.97 Å². The van der Waals surface area contributed by atoms with E-state index < -0.39 is 0 Å². The number of rotatable bonds is 3. The van der Waals surface area contributed by atoms with Gasteiger partial charge in [0.25, 0.3) is 5.91 Å². The highest BCUT2D eigenvalue weighted by Gasteiger charge is 2.33. The highest BCUT2D eigenvalue weighted by molar-refractivity contribution is 5.92. The molecule has 1 amide bonds. The largest absolute Gasteiger partial charge is 0.361 e. The van der Waals surface area contributed by atoms with E-state index in [9.17, 15) is 4.79 Å². The van der Waals surface area contributed by atoms with Crippen molar-refractivity contribution in [2.45, 2.75) is 39.7 Å². The lowest BCUT2D eigenvalue weighted by Crippen LogP contribution is -2.31. The van der Waals surface area contributed by atoms with Crippen LogP contribution < -0.4 is 0 Å². The molecule has 3 aromatic rings. The van der Waals surface area contributed by atoms with Gasteiger partial charge >= 0.3 is 0 Å². The third kappa shape index (κ3) is 3.18. The zero-order valence-corrected chi connectivity index (χ0v) is 15.5. The third-order valence-electron chi connectivity index (χ3n) is 4.80. The summed E-state index contributed by atoms with van der Waals surface area (Å²) in [5, 5.41) is 3.99. The maximum Gasteiger partial charge on any atom is 0.274 e. The molecule has 4 heterocycles. The second kappa shape index (κ2) is 6.86. The van der Waals surface area contributed by atoms with Crippen LogP contribution in [0.15, 0.2) is 29.3 Å². The molecule has 1 atom stereocenters. The molecule has 1 saturated heterocycles. The number of nitrogens with zero attached hydrogens (tertiary/aromatic N) is 6. The molecular weight excluding hydrogens is 344 g/mol. The molecule has 8 nitrogen and oxygen atoms in total. The second-order valence-corrected chi connectivity index (χ2v) is 6.73. The average molecular weight is 364 g/mol. The molecule has 0 N–H and O–H groups in total. The van der Waals surface area contributed by atoms with Gasteiger partial charge in [-0.15, -0.1) is 0 Å². The Morgan fingerprint density at radius 1 is 1.15 bits per heavy atom. The summed E-state index contributed by atoms with van der Waals surface area (Å²) in [7, 11) is 0. The van der Waals surface area contributed by atoms with Crippen LogP contribution in [0.25, 0.3) is 11.3 Å². The van der Waals surface area contributed by atoms with Crippen LogP contribution in [0.2, 0.25) is 0 Å². The first-order chi connectivity index (χ1) is 13.0. The fraction of sp³-hybridized carbons (Fsp3) is 0.368. The highest BCUT2D eigenvalue weighted by Crippen LogP contribution is 2.33. The van der Waals surface area contributed by atoms with Gasteiger partial charge in [0.2, 0.25) is 0 Å². The lowest BCUT2D eigenvalue weighted by atomic mass is 10.1. The maximum absolute atomic E-state index is 12.9. The first-order valence-corrected chi connectivity index (χ1v) is 8.89.